The van der Waals surface area contributed by atoms with Crippen LogP contribution in [0.2, 0.25) is 0 Å². The standard InChI is InChI=1S/C22H21N3O4/c1-13-11-18(14(2)25(13)12-16-7-6-10-28-16)22(27)29-15(3)20-23-19-9-5-4-8-17(19)21(26)24-20/h4-11,15H,12H2,1-3H3,(H,23,24,26)/t15-/m1/s1. The molecule has 7 heteroatoms. The lowest BCUT2D eigenvalue weighted by molar-refractivity contribution is 0.0319. The molecule has 1 atom stereocenters. The monoisotopic (exact) mass is 391 g/mol. The van der Waals surface area contributed by atoms with Crippen LogP contribution in [0.3, 0.4) is 0 Å². The highest BCUT2D eigenvalue weighted by atomic mass is 16.5. The fraction of sp³-hybridized carbons (Fsp3) is 0.227. The van der Waals surface area contributed by atoms with E-state index in [1.807, 2.05) is 36.6 Å². The lowest BCUT2D eigenvalue weighted by atomic mass is 10.2. The van der Waals surface area contributed by atoms with Crippen LogP contribution >= 0.6 is 0 Å². The number of hydrogen-bond acceptors (Lipinski definition) is 5. The van der Waals surface area contributed by atoms with Gasteiger partial charge in [-0.25, -0.2) is 9.78 Å². The number of hydrogen-bond donors (Lipinski definition) is 1. The second-order valence-corrected chi connectivity index (χ2v) is 6.97. The van der Waals surface area contributed by atoms with Gasteiger partial charge in [-0.15, -0.1) is 0 Å². The van der Waals surface area contributed by atoms with Crippen molar-refractivity contribution >= 4 is 16.9 Å². The summed E-state index contributed by atoms with van der Waals surface area (Å²) in [5.41, 5.74) is 2.49. The van der Waals surface area contributed by atoms with Crippen molar-refractivity contribution in [1.29, 1.82) is 0 Å². The summed E-state index contributed by atoms with van der Waals surface area (Å²) in [6.45, 7) is 6.02. The molecule has 0 fully saturated rings. The average Bonchev–Trinajstić information content (AvgIpc) is 3.31. The molecule has 3 aromatic heterocycles. The van der Waals surface area contributed by atoms with Crippen LogP contribution in [0, 0.1) is 13.8 Å². The van der Waals surface area contributed by atoms with Gasteiger partial charge in [-0.05, 0) is 51.1 Å². The third kappa shape index (κ3) is 3.59. The number of furan rings is 1. The average molecular weight is 391 g/mol. The Hall–Kier alpha value is -3.61. The number of carbonyl (C=O) groups excluding carboxylic acids is 1. The maximum Gasteiger partial charge on any atom is 0.340 e. The smallest absolute Gasteiger partial charge is 0.340 e. The predicted octanol–water partition coefficient (Wildman–Crippen LogP) is 3.90. The number of esters is 1. The first-order valence-corrected chi connectivity index (χ1v) is 9.33. The summed E-state index contributed by atoms with van der Waals surface area (Å²) >= 11 is 0. The normalized spacial score (nSPS) is 12.2. The number of benzene rings is 1. The maximum atomic E-state index is 12.8. The summed E-state index contributed by atoms with van der Waals surface area (Å²) in [5.74, 6) is 0.650. The molecule has 4 aromatic rings. The number of carbonyl (C=O) groups is 1. The van der Waals surface area contributed by atoms with Crippen LogP contribution in [-0.2, 0) is 11.3 Å². The van der Waals surface area contributed by atoms with Crippen molar-refractivity contribution in [3.63, 3.8) is 0 Å². The van der Waals surface area contributed by atoms with E-state index in [0.717, 1.165) is 17.1 Å². The molecular formula is C22H21N3O4. The lowest BCUT2D eigenvalue weighted by Gasteiger charge is -2.13. The Labute approximate surface area is 167 Å². The van der Waals surface area contributed by atoms with Crippen LogP contribution < -0.4 is 5.56 Å². The fourth-order valence-electron chi connectivity index (χ4n) is 3.39. The molecule has 1 aromatic carbocycles. The molecule has 0 unspecified atom stereocenters. The van der Waals surface area contributed by atoms with E-state index in [1.165, 1.54) is 0 Å². The Kier molecular flexibility index (Phi) is 4.80. The van der Waals surface area contributed by atoms with E-state index in [-0.39, 0.29) is 5.56 Å². The minimum atomic E-state index is -0.701. The van der Waals surface area contributed by atoms with E-state index in [1.54, 1.807) is 37.5 Å². The molecule has 0 saturated heterocycles. The Bertz CT molecular complexity index is 1230. The van der Waals surface area contributed by atoms with Crippen molar-refractivity contribution < 1.29 is 13.9 Å². The minimum absolute atomic E-state index is 0.259. The third-order valence-corrected chi connectivity index (χ3v) is 4.99. The molecule has 0 aliphatic heterocycles. The summed E-state index contributed by atoms with van der Waals surface area (Å²) in [6, 6.07) is 12.6. The molecule has 3 heterocycles. The number of aromatic nitrogens is 3. The quantitative estimate of drug-likeness (QED) is 0.521. The molecular weight excluding hydrogens is 370 g/mol. The van der Waals surface area contributed by atoms with Gasteiger partial charge in [0, 0.05) is 11.4 Å². The number of H-pyrrole nitrogens is 1. The summed E-state index contributed by atoms with van der Waals surface area (Å²) < 4.78 is 13.0. The second kappa shape index (κ2) is 7.43. The summed E-state index contributed by atoms with van der Waals surface area (Å²) in [4.78, 5) is 32.2. The van der Waals surface area contributed by atoms with E-state index < -0.39 is 12.1 Å². The highest BCUT2D eigenvalue weighted by Gasteiger charge is 2.21. The van der Waals surface area contributed by atoms with E-state index in [2.05, 4.69) is 9.97 Å². The van der Waals surface area contributed by atoms with Gasteiger partial charge in [0.05, 0.1) is 29.3 Å². The number of para-hydroxylation sites is 1. The highest BCUT2D eigenvalue weighted by Crippen LogP contribution is 2.22. The topological polar surface area (TPSA) is 90.1 Å². The Morgan fingerprint density at radius 2 is 2.03 bits per heavy atom. The zero-order chi connectivity index (χ0) is 20.5. The van der Waals surface area contributed by atoms with Crippen molar-refractivity contribution in [1.82, 2.24) is 14.5 Å². The zero-order valence-corrected chi connectivity index (χ0v) is 16.4. The van der Waals surface area contributed by atoms with Gasteiger partial charge >= 0.3 is 5.97 Å². The van der Waals surface area contributed by atoms with E-state index in [0.29, 0.717) is 28.8 Å². The zero-order valence-electron chi connectivity index (χ0n) is 16.4. The minimum Gasteiger partial charge on any atom is -0.467 e. The molecule has 0 saturated carbocycles. The number of aryl methyl sites for hydroxylation is 1. The highest BCUT2D eigenvalue weighted by molar-refractivity contribution is 5.91. The first-order valence-electron chi connectivity index (χ1n) is 9.33. The number of nitrogens with one attached hydrogen (secondary N) is 1. The Balaban J connectivity index is 1.57. The van der Waals surface area contributed by atoms with Crippen molar-refractivity contribution in [2.75, 3.05) is 0 Å². The maximum absolute atomic E-state index is 12.8. The molecule has 4 rings (SSSR count). The summed E-state index contributed by atoms with van der Waals surface area (Å²) in [6.07, 6.45) is 0.922. The summed E-state index contributed by atoms with van der Waals surface area (Å²) in [7, 11) is 0. The van der Waals surface area contributed by atoms with Crippen LogP contribution in [0.1, 0.15) is 46.4 Å². The molecule has 7 nitrogen and oxygen atoms in total. The molecule has 0 spiro atoms. The molecule has 0 aliphatic rings. The molecule has 1 N–H and O–H groups in total. The summed E-state index contributed by atoms with van der Waals surface area (Å²) in [5, 5.41) is 0.497. The number of aromatic amines is 1. The molecule has 0 bridgehead atoms. The van der Waals surface area contributed by atoms with Gasteiger partial charge in [0.15, 0.2) is 11.9 Å². The largest absolute Gasteiger partial charge is 0.467 e. The first-order chi connectivity index (χ1) is 13.9. The second-order valence-electron chi connectivity index (χ2n) is 6.97. The number of nitrogens with zero attached hydrogens (tertiary/aromatic N) is 2. The van der Waals surface area contributed by atoms with Crippen molar-refractivity contribution in [3.05, 3.63) is 87.6 Å². The SMILES string of the molecule is Cc1cc(C(=O)O[C@H](C)c2nc3ccccc3c(=O)[nH]2)c(C)n1Cc1ccco1. The number of ether oxygens (including phenoxy) is 1. The van der Waals surface area contributed by atoms with Gasteiger partial charge in [-0.1, -0.05) is 12.1 Å². The van der Waals surface area contributed by atoms with Gasteiger partial charge in [-0.2, -0.15) is 0 Å². The van der Waals surface area contributed by atoms with Crippen LogP contribution in [0.25, 0.3) is 10.9 Å². The van der Waals surface area contributed by atoms with E-state index in [9.17, 15) is 9.59 Å². The Morgan fingerprint density at radius 3 is 2.79 bits per heavy atom. The fourth-order valence-corrected chi connectivity index (χ4v) is 3.39. The van der Waals surface area contributed by atoms with Crippen molar-refractivity contribution in [3.8, 4) is 0 Å². The molecule has 0 aliphatic carbocycles. The molecule has 148 valence electrons. The van der Waals surface area contributed by atoms with E-state index >= 15 is 0 Å². The molecule has 0 amide bonds. The van der Waals surface area contributed by atoms with E-state index in [4.69, 9.17) is 9.15 Å². The van der Waals surface area contributed by atoms with Gasteiger partial charge in [0.25, 0.3) is 5.56 Å². The van der Waals surface area contributed by atoms with Gasteiger partial charge in [0.1, 0.15) is 5.76 Å². The van der Waals surface area contributed by atoms with Gasteiger partial charge < -0.3 is 18.7 Å². The first kappa shape index (κ1) is 18.7. The van der Waals surface area contributed by atoms with Crippen molar-refractivity contribution in [2.45, 2.75) is 33.4 Å². The lowest BCUT2D eigenvalue weighted by Crippen LogP contribution is -2.17. The molecule has 29 heavy (non-hydrogen) atoms. The van der Waals surface area contributed by atoms with Crippen molar-refractivity contribution in [2.24, 2.45) is 0 Å². The van der Waals surface area contributed by atoms with Gasteiger partial charge in [-0.3, -0.25) is 4.79 Å². The van der Waals surface area contributed by atoms with Crippen LogP contribution in [0.4, 0.5) is 0 Å². The third-order valence-electron chi connectivity index (χ3n) is 4.99. The number of fused-ring (bicyclic) bond motifs is 1. The van der Waals surface area contributed by atoms with Crippen LogP contribution in [0.15, 0.2) is 57.9 Å². The van der Waals surface area contributed by atoms with Gasteiger partial charge in [0.2, 0.25) is 0 Å². The molecule has 0 radical (unpaired) electrons. The number of rotatable bonds is 5. The predicted molar refractivity (Wildman–Crippen MR) is 108 cm³/mol. The van der Waals surface area contributed by atoms with Crippen LogP contribution in [-0.4, -0.2) is 20.5 Å². The van der Waals surface area contributed by atoms with Crippen LogP contribution in [0.5, 0.6) is 0 Å². The Morgan fingerprint density at radius 1 is 1.24 bits per heavy atom.